The average molecular weight is 584 g/mol. The first-order valence-corrected chi connectivity index (χ1v) is 14.2. The predicted molar refractivity (Wildman–Crippen MR) is 152 cm³/mol. The summed E-state index contributed by atoms with van der Waals surface area (Å²) in [6, 6.07) is 7.35. The molecule has 1 atom stereocenters. The number of aryl methyl sites for hydroxylation is 1. The second-order valence-electron chi connectivity index (χ2n) is 10.7. The molecule has 1 saturated carbocycles. The summed E-state index contributed by atoms with van der Waals surface area (Å²) in [5.41, 5.74) is -2.05. The van der Waals surface area contributed by atoms with E-state index in [1.54, 1.807) is 20.1 Å². The standard InChI is InChI=1S/C28H33N5O7S/c1-16-22-23(35)32(28(2,3)26(36)37)27(38)31(25(22)41-24(16)33-29-13-14-30-33)15-21(19-7-5-6-8-20(19)39-4)40-18-11-9-17(34)10-12-18/h5-8,13-14,17-18,21,34H,9-12,15H2,1-4H3,(H,36,37)/t17-,18+,21-/m0/s1. The Morgan fingerprint density at radius 3 is 2.44 bits per heavy atom. The quantitative estimate of drug-likeness (QED) is 0.303. The molecule has 3 aromatic heterocycles. The summed E-state index contributed by atoms with van der Waals surface area (Å²) in [7, 11) is 1.55. The Bertz CT molecular complexity index is 1680. The summed E-state index contributed by atoms with van der Waals surface area (Å²) >= 11 is 1.18. The van der Waals surface area contributed by atoms with E-state index >= 15 is 0 Å². The van der Waals surface area contributed by atoms with Gasteiger partial charge < -0.3 is 19.7 Å². The number of hydrogen-bond donors (Lipinski definition) is 2. The number of aliphatic carboxylic acids is 1. The van der Waals surface area contributed by atoms with Crippen LogP contribution < -0.4 is 16.0 Å². The van der Waals surface area contributed by atoms with Crippen LogP contribution in [0.3, 0.4) is 0 Å². The fourth-order valence-corrected chi connectivity index (χ4v) is 6.54. The Morgan fingerprint density at radius 1 is 1.15 bits per heavy atom. The van der Waals surface area contributed by atoms with Crippen LogP contribution in [0.4, 0.5) is 0 Å². The van der Waals surface area contributed by atoms with Crippen molar-refractivity contribution in [2.24, 2.45) is 0 Å². The van der Waals surface area contributed by atoms with Gasteiger partial charge in [0.25, 0.3) is 5.56 Å². The largest absolute Gasteiger partial charge is 0.496 e. The van der Waals surface area contributed by atoms with Gasteiger partial charge in [0.05, 0.1) is 43.6 Å². The molecular formula is C28H33N5O7S. The third kappa shape index (κ3) is 5.20. The van der Waals surface area contributed by atoms with Gasteiger partial charge in [-0.15, -0.1) is 4.80 Å². The molecule has 4 aromatic rings. The molecule has 0 radical (unpaired) electrons. The molecule has 13 heteroatoms. The molecular weight excluding hydrogens is 550 g/mol. The van der Waals surface area contributed by atoms with Crippen LogP contribution in [0.25, 0.3) is 15.2 Å². The Labute approximate surface area is 239 Å². The number of aliphatic hydroxyl groups excluding tert-OH is 1. The summed E-state index contributed by atoms with van der Waals surface area (Å²) < 4.78 is 14.5. The smallest absolute Gasteiger partial charge is 0.333 e. The molecule has 1 aromatic carbocycles. The molecule has 0 bridgehead atoms. The van der Waals surface area contributed by atoms with Gasteiger partial charge in [0.1, 0.15) is 27.2 Å². The monoisotopic (exact) mass is 583 g/mol. The second kappa shape index (κ2) is 11.2. The zero-order chi connectivity index (χ0) is 29.5. The maximum absolute atomic E-state index is 14.1. The summed E-state index contributed by atoms with van der Waals surface area (Å²) in [6.07, 6.45) is 4.31. The Hall–Kier alpha value is -3.81. The van der Waals surface area contributed by atoms with Crippen LogP contribution in [0, 0.1) is 6.92 Å². The minimum absolute atomic E-state index is 0.0172. The van der Waals surface area contributed by atoms with Gasteiger partial charge in [-0.25, -0.2) is 14.2 Å². The summed E-state index contributed by atoms with van der Waals surface area (Å²) in [5.74, 6) is -0.747. The van der Waals surface area contributed by atoms with Crippen LogP contribution in [0.2, 0.25) is 0 Å². The lowest BCUT2D eigenvalue weighted by Gasteiger charge is -2.31. The second-order valence-corrected chi connectivity index (χ2v) is 11.7. The van der Waals surface area contributed by atoms with Crippen molar-refractivity contribution in [2.45, 2.75) is 76.9 Å². The number of benzene rings is 1. The lowest BCUT2D eigenvalue weighted by molar-refractivity contribution is -0.146. The van der Waals surface area contributed by atoms with Crippen molar-refractivity contribution in [3.8, 4) is 10.8 Å². The number of nitrogens with zero attached hydrogens (tertiary/aromatic N) is 5. The van der Waals surface area contributed by atoms with Crippen molar-refractivity contribution in [2.75, 3.05) is 7.11 Å². The average Bonchev–Trinajstić information content (AvgIpc) is 3.59. The molecule has 12 nitrogen and oxygen atoms in total. The highest BCUT2D eigenvalue weighted by molar-refractivity contribution is 7.21. The van der Waals surface area contributed by atoms with E-state index in [1.165, 1.54) is 46.9 Å². The van der Waals surface area contributed by atoms with Gasteiger partial charge in [0.2, 0.25) is 0 Å². The maximum atomic E-state index is 14.1. The van der Waals surface area contributed by atoms with Crippen LogP contribution in [0.1, 0.15) is 56.8 Å². The number of carbonyl (C=O) groups is 1. The van der Waals surface area contributed by atoms with E-state index in [1.807, 2.05) is 18.2 Å². The van der Waals surface area contributed by atoms with Gasteiger partial charge in [-0.2, -0.15) is 10.2 Å². The number of carboxylic acid groups (broad SMARTS) is 1. The predicted octanol–water partition coefficient (Wildman–Crippen LogP) is 3.00. The van der Waals surface area contributed by atoms with Gasteiger partial charge in [-0.05, 0) is 52.5 Å². The van der Waals surface area contributed by atoms with Gasteiger partial charge in [-0.1, -0.05) is 29.5 Å². The molecule has 0 amide bonds. The van der Waals surface area contributed by atoms with Crippen molar-refractivity contribution < 1.29 is 24.5 Å². The van der Waals surface area contributed by atoms with E-state index in [4.69, 9.17) is 9.47 Å². The van der Waals surface area contributed by atoms with E-state index < -0.39 is 28.9 Å². The lowest BCUT2D eigenvalue weighted by Crippen LogP contribution is -2.52. The first kappa shape index (κ1) is 28.7. The number of fused-ring (bicyclic) bond motifs is 1. The first-order chi connectivity index (χ1) is 19.5. The molecule has 0 saturated heterocycles. The van der Waals surface area contributed by atoms with E-state index in [2.05, 4.69) is 10.2 Å². The SMILES string of the molecule is COc1ccccc1[C@H](Cn1c(=O)n(C(C)(C)C(=O)O)c(=O)c2c(C)c(-n3nccn3)sc21)O[C@H]1CC[C@@H](O)CC1. The highest BCUT2D eigenvalue weighted by Crippen LogP contribution is 2.36. The molecule has 1 aliphatic carbocycles. The maximum Gasteiger partial charge on any atom is 0.333 e. The third-order valence-electron chi connectivity index (χ3n) is 7.70. The zero-order valence-electron chi connectivity index (χ0n) is 23.3. The summed E-state index contributed by atoms with van der Waals surface area (Å²) in [4.78, 5) is 42.0. The molecule has 0 aliphatic heterocycles. The molecule has 5 rings (SSSR count). The topological polar surface area (TPSA) is 151 Å². The molecule has 1 fully saturated rings. The minimum atomic E-state index is -1.83. The van der Waals surface area contributed by atoms with E-state index in [0.717, 1.165) is 4.57 Å². The molecule has 1 aliphatic rings. The zero-order valence-corrected chi connectivity index (χ0v) is 24.1. The number of carboxylic acids is 1. The van der Waals surface area contributed by atoms with Gasteiger partial charge in [0.15, 0.2) is 0 Å². The number of aromatic nitrogens is 5. The third-order valence-corrected chi connectivity index (χ3v) is 8.99. The molecule has 41 heavy (non-hydrogen) atoms. The van der Waals surface area contributed by atoms with Crippen LogP contribution in [-0.2, 0) is 21.6 Å². The number of ether oxygens (including phenoxy) is 2. The lowest BCUT2D eigenvalue weighted by atomic mass is 9.94. The molecule has 2 N–H and O–H groups in total. The first-order valence-electron chi connectivity index (χ1n) is 13.4. The van der Waals surface area contributed by atoms with Crippen molar-refractivity contribution in [1.29, 1.82) is 0 Å². The van der Waals surface area contributed by atoms with Crippen molar-refractivity contribution in [3.05, 3.63) is 68.6 Å². The number of aliphatic hydroxyl groups is 1. The Balaban J connectivity index is 1.74. The Kier molecular flexibility index (Phi) is 7.86. The van der Waals surface area contributed by atoms with Crippen LogP contribution in [0.15, 0.2) is 46.2 Å². The summed E-state index contributed by atoms with van der Waals surface area (Å²) in [6.45, 7) is 4.37. The highest BCUT2D eigenvalue weighted by Gasteiger charge is 2.36. The Morgan fingerprint density at radius 2 is 1.80 bits per heavy atom. The van der Waals surface area contributed by atoms with Crippen LogP contribution in [0.5, 0.6) is 5.75 Å². The normalized spacial score (nSPS) is 18.5. The number of methoxy groups -OCH3 is 1. The summed E-state index contributed by atoms with van der Waals surface area (Å²) in [5, 5.41) is 29.2. The van der Waals surface area contributed by atoms with Crippen molar-refractivity contribution >= 4 is 27.5 Å². The number of thiophene rings is 1. The number of hydrogen-bond acceptors (Lipinski definition) is 9. The van der Waals surface area contributed by atoms with E-state index in [9.17, 15) is 24.6 Å². The van der Waals surface area contributed by atoms with Crippen LogP contribution >= 0.6 is 11.3 Å². The van der Waals surface area contributed by atoms with Gasteiger partial charge in [-0.3, -0.25) is 9.36 Å². The molecule has 0 spiro atoms. The van der Waals surface area contributed by atoms with Gasteiger partial charge in [0, 0.05) is 11.1 Å². The van der Waals surface area contributed by atoms with E-state index in [-0.39, 0.29) is 24.1 Å². The molecule has 0 unspecified atom stereocenters. The number of rotatable bonds is 9. The minimum Gasteiger partial charge on any atom is -0.496 e. The fraction of sp³-hybridized carbons (Fsp3) is 0.464. The van der Waals surface area contributed by atoms with Crippen molar-refractivity contribution in [3.63, 3.8) is 0 Å². The van der Waals surface area contributed by atoms with Crippen LogP contribution in [-0.4, -0.2) is 59.6 Å². The van der Waals surface area contributed by atoms with E-state index in [0.29, 0.717) is 52.4 Å². The van der Waals surface area contributed by atoms with Crippen molar-refractivity contribution in [1.82, 2.24) is 24.1 Å². The molecule has 218 valence electrons. The number of para-hydroxylation sites is 1. The fourth-order valence-electron chi connectivity index (χ4n) is 5.32. The molecule has 3 heterocycles. The van der Waals surface area contributed by atoms with Gasteiger partial charge >= 0.3 is 11.7 Å². The highest BCUT2D eigenvalue weighted by atomic mass is 32.1.